The van der Waals surface area contributed by atoms with E-state index in [0.29, 0.717) is 0 Å². The number of nitrogens with zero attached hydrogens (tertiary/aromatic N) is 1. The molecule has 0 fully saturated rings. The highest BCUT2D eigenvalue weighted by molar-refractivity contribution is 6.20. The maximum absolute atomic E-state index is 7.09. The van der Waals surface area contributed by atoms with E-state index in [1.54, 1.807) is 0 Å². The van der Waals surface area contributed by atoms with Crippen molar-refractivity contribution in [2.75, 3.05) is 4.90 Å². The maximum atomic E-state index is 7.09. The number of rotatable bonds is 7. The van der Waals surface area contributed by atoms with Gasteiger partial charge in [-0.1, -0.05) is 200 Å². The molecule has 65 heavy (non-hydrogen) atoms. The zero-order chi connectivity index (χ0) is 42.9. The van der Waals surface area contributed by atoms with Crippen molar-refractivity contribution < 1.29 is 4.42 Å². The molecule has 1 aromatic heterocycles. The van der Waals surface area contributed by atoms with Gasteiger partial charge in [-0.25, -0.2) is 0 Å². The lowest BCUT2D eigenvalue weighted by atomic mass is 9.67. The van der Waals surface area contributed by atoms with E-state index < -0.39 is 5.41 Å². The van der Waals surface area contributed by atoms with Gasteiger partial charge in [0.05, 0.1) is 16.5 Å². The number of hydrogen-bond acceptors (Lipinski definition) is 2. The lowest BCUT2D eigenvalue weighted by Crippen LogP contribution is -2.28. The Morgan fingerprint density at radius 2 is 0.923 bits per heavy atom. The van der Waals surface area contributed by atoms with Crippen molar-refractivity contribution in [1.82, 2.24) is 0 Å². The molecule has 0 amide bonds. The number of benzene rings is 11. The smallest absolute Gasteiger partial charge is 0.143 e. The molecule has 0 N–H and O–H groups in total. The van der Waals surface area contributed by atoms with E-state index in [2.05, 4.69) is 254 Å². The van der Waals surface area contributed by atoms with Crippen LogP contribution in [0.1, 0.15) is 22.3 Å². The van der Waals surface area contributed by atoms with Crippen LogP contribution in [-0.2, 0) is 5.41 Å². The van der Waals surface area contributed by atoms with Crippen molar-refractivity contribution in [2.24, 2.45) is 0 Å². The normalized spacial score (nSPS) is 12.7. The molecule has 0 atom stereocenters. The molecule has 1 aliphatic carbocycles. The molecule has 2 heteroatoms. The van der Waals surface area contributed by atoms with Gasteiger partial charge in [0, 0.05) is 22.1 Å². The molecule has 0 saturated carbocycles. The summed E-state index contributed by atoms with van der Waals surface area (Å²) in [7, 11) is 0. The van der Waals surface area contributed by atoms with Crippen molar-refractivity contribution >= 4 is 60.5 Å². The molecular formula is C63H41NO. The molecule has 11 aromatic carbocycles. The molecule has 0 spiro atoms. The van der Waals surface area contributed by atoms with Gasteiger partial charge in [0.15, 0.2) is 0 Å². The lowest BCUT2D eigenvalue weighted by molar-refractivity contribution is 0.673. The minimum atomic E-state index is -0.559. The quantitative estimate of drug-likeness (QED) is 0.159. The number of anilines is 3. The summed E-state index contributed by atoms with van der Waals surface area (Å²) in [5.41, 5.74) is 16.4. The first-order valence-electron chi connectivity index (χ1n) is 22.4. The third-order valence-corrected chi connectivity index (χ3v) is 13.7. The molecule has 1 heterocycles. The molecule has 12 aromatic rings. The highest BCUT2D eigenvalue weighted by Crippen LogP contribution is 2.58. The summed E-state index contributed by atoms with van der Waals surface area (Å²) in [6.45, 7) is 0. The van der Waals surface area contributed by atoms with E-state index >= 15 is 0 Å². The van der Waals surface area contributed by atoms with Gasteiger partial charge in [-0.3, -0.25) is 0 Å². The minimum absolute atomic E-state index is 0.559. The van der Waals surface area contributed by atoms with Gasteiger partial charge < -0.3 is 9.32 Å². The molecule has 0 unspecified atom stereocenters. The summed E-state index contributed by atoms with van der Waals surface area (Å²) in [4.78, 5) is 2.47. The van der Waals surface area contributed by atoms with E-state index in [9.17, 15) is 0 Å². The van der Waals surface area contributed by atoms with Crippen molar-refractivity contribution in [3.8, 4) is 33.4 Å². The van der Waals surface area contributed by atoms with Crippen LogP contribution in [-0.4, -0.2) is 0 Å². The first-order valence-corrected chi connectivity index (χ1v) is 22.4. The van der Waals surface area contributed by atoms with E-state index in [1.165, 1.54) is 55.3 Å². The fraction of sp³-hybridized carbons (Fsp3) is 0.0159. The summed E-state index contributed by atoms with van der Waals surface area (Å²) < 4.78 is 7.09. The highest BCUT2D eigenvalue weighted by Gasteiger charge is 2.46. The molecule has 2 nitrogen and oxygen atoms in total. The Bertz CT molecular complexity index is 3720. The van der Waals surface area contributed by atoms with Crippen molar-refractivity contribution in [3.05, 3.63) is 271 Å². The highest BCUT2D eigenvalue weighted by atomic mass is 16.3. The predicted octanol–water partition coefficient (Wildman–Crippen LogP) is 17.1. The van der Waals surface area contributed by atoms with Gasteiger partial charge in [-0.2, -0.15) is 0 Å². The van der Waals surface area contributed by atoms with Crippen LogP contribution >= 0.6 is 0 Å². The zero-order valence-electron chi connectivity index (χ0n) is 35.5. The van der Waals surface area contributed by atoms with Crippen molar-refractivity contribution in [3.63, 3.8) is 0 Å². The van der Waals surface area contributed by atoms with Crippen LogP contribution in [0.4, 0.5) is 17.1 Å². The molecule has 13 rings (SSSR count). The summed E-state index contributed by atoms with van der Waals surface area (Å²) >= 11 is 0. The summed E-state index contributed by atoms with van der Waals surface area (Å²) in [5, 5.41) is 6.83. The third kappa shape index (κ3) is 5.81. The fourth-order valence-corrected chi connectivity index (χ4v) is 10.8. The Morgan fingerprint density at radius 1 is 0.338 bits per heavy atom. The molecule has 0 radical (unpaired) electrons. The molecule has 0 aliphatic heterocycles. The lowest BCUT2D eigenvalue weighted by Gasteiger charge is -2.35. The predicted molar refractivity (Wildman–Crippen MR) is 272 cm³/mol. The van der Waals surface area contributed by atoms with Crippen molar-refractivity contribution in [1.29, 1.82) is 0 Å². The fourth-order valence-electron chi connectivity index (χ4n) is 10.8. The van der Waals surface area contributed by atoms with E-state index in [0.717, 1.165) is 60.9 Å². The van der Waals surface area contributed by atoms with Gasteiger partial charge in [0.1, 0.15) is 11.2 Å². The van der Waals surface area contributed by atoms with E-state index in [4.69, 9.17) is 4.42 Å². The second-order valence-electron chi connectivity index (χ2n) is 17.2. The summed E-state index contributed by atoms with van der Waals surface area (Å²) in [6, 6.07) is 90.9. The van der Waals surface area contributed by atoms with Gasteiger partial charge in [-0.05, 0) is 120 Å². The maximum Gasteiger partial charge on any atom is 0.143 e. The average Bonchev–Trinajstić information content (AvgIpc) is 3.91. The van der Waals surface area contributed by atoms with Crippen LogP contribution in [0.3, 0.4) is 0 Å². The van der Waals surface area contributed by atoms with Crippen LogP contribution in [0.15, 0.2) is 253 Å². The van der Waals surface area contributed by atoms with Crippen LogP contribution in [0.5, 0.6) is 0 Å². The standard InChI is InChI=1S/C63H41NO/c1-4-16-42(17-5-1)44-30-33-51(34-31-44)64(52-35-37-55-54-26-14-15-27-57(54)63(58(55)41-52,49-21-6-2-7-22-49)50-23-8-3-9-24-50)59-39-48(47-29-28-43-18-10-11-20-46(43)38-47)40-60-61(59)56-36-32-45-19-12-13-25-53(45)62(56)65-60/h1-41H. The van der Waals surface area contributed by atoms with Gasteiger partial charge in [0.25, 0.3) is 0 Å². The second-order valence-corrected chi connectivity index (χ2v) is 17.2. The molecule has 0 bridgehead atoms. The molecule has 1 aliphatic rings. The van der Waals surface area contributed by atoms with Gasteiger partial charge in [-0.15, -0.1) is 0 Å². The van der Waals surface area contributed by atoms with Crippen molar-refractivity contribution in [2.45, 2.75) is 5.41 Å². The summed E-state index contributed by atoms with van der Waals surface area (Å²) in [5.74, 6) is 0. The Morgan fingerprint density at radius 3 is 1.69 bits per heavy atom. The van der Waals surface area contributed by atoms with E-state index in [1.807, 2.05) is 0 Å². The largest absolute Gasteiger partial charge is 0.455 e. The number of hydrogen-bond donors (Lipinski definition) is 0. The first kappa shape index (κ1) is 37.1. The van der Waals surface area contributed by atoms with Crippen LogP contribution < -0.4 is 4.90 Å². The monoisotopic (exact) mass is 827 g/mol. The Kier molecular flexibility index (Phi) is 8.47. The topological polar surface area (TPSA) is 16.4 Å². The van der Waals surface area contributed by atoms with Crippen LogP contribution in [0.2, 0.25) is 0 Å². The molecule has 304 valence electrons. The Balaban J connectivity index is 1.13. The third-order valence-electron chi connectivity index (χ3n) is 13.7. The average molecular weight is 828 g/mol. The Labute approximate surface area is 377 Å². The van der Waals surface area contributed by atoms with Crippen LogP contribution in [0.25, 0.3) is 76.9 Å². The Hall–Kier alpha value is -8.46. The second kappa shape index (κ2) is 14.8. The molecule has 0 saturated heterocycles. The van der Waals surface area contributed by atoms with E-state index in [-0.39, 0.29) is 0 Å². The first-order chi connectivity index (χ1) is 32.2. The SMILES string of the molecule is c1ccc(-c2ccc(N(c3ccc4c(c3)C(c3ccccc3)(c3ccccc3)c3ccccc3-4)c3cc(-c4ccc5ccccc5c4)cc4oc5c6ccccc6ccc5c34)cc2)cc1. The summed E-state index contributed by atoms with van der Waals surface area (Å²) in [6.07, 6.45) is 0. The van der Waals surface area contributed by atoms with Gasteiger partial charge in [0.2, 0.25) is 0 Å². The van der Waals surface area contributed by atoms with Gasteiger partial charge >= 0.3 is 0 Å². The molecular weight excluding hydrogens is 787 g/mol. The number of fused-ring (bicyclic) bond motifs is 9. The number of furan rings is 1. The minimum Gasteiger partial charge on any atom is -0.455 e. The van der Waals surface area contributed by atoms with Crippen LogP contribution in [0, 0.1) is 0 Å². The zero-order valence-corrected chi connectivity index (χ0v) is 35.5.